The van der Waals surface area contributed by atoms with Crippen molar-refractivity contribution < 1.29 is 5.11 Å². The third-order valence-electron chi connectivity index (χ3n) is 4.23. The largest absolute Gasteiger partial charge is 0.391 e. The molecule has 118 valence electrons. The number of nitrogens with zero attached hydrogens (tertiary/aromatic N) is 3. The first-order valence-corrected chi connectivity index (χ1v) is 9.12. The first-order chi connectivity index (χ1) is 10.7. The van der Waals surface area contributed by atoms with Crippen LogP contribution in [-0.2, 0) is 13.0 Å². The lowest BCUT2D eigenvalue weighted by atomic mass is 9.89. The summed E-state index contributed by atoms with van der Waals surface area (Å²) in [6.45, 7) is 0.505. The summed E-state index contributed by atoms with van der Waals surface area (Å²) in [6, 6.07) is 7.92. The predicted molar refractivity (Wildman–Crippen MR) is 89.2 cm³/mol. The van der Waals surface area contributed by atoms with Crippen molar-refractivity contribution in [1.29, 1.82) is 0 Å². The Bertz CT molecular complexity index is 612. The van der Waals surface area contributed by atoms with Gasteiger partial charge >= 0.3 is 0 Å². The van der Waals surface area contributed by atoms with Crippen LogP contribution in [0.2, 0.25) is 5.02 Å². The number of aliphatic hydroxyl groups excluding tert-OH is 1. The van der Waals surface area contributed by atoms with Crippen molar-refractivity contribution in [2.75, 3.05) is 6.26 Å². The number of aromatic nitrogens is 3. The maximum atomic E-state index is 10.7. The van der Waals surface area contributed by atoms with E-state index in [1.165, 1.54) is 18.4 Å². The average Bonchev–Trinajstić information content (AvgIpc) is 3.26. The molecule has 22 heavy (non-hydrogen) atoms. The highest BCUT2D eigenvalue weighted by Gasteiger charge is 2.36. The van der Waals surface area contributed by atoms with Crippen molar-refractivity contribution in [2.24, 2.45) is 11.8 Å². The normalized spacial score (nSPS) is 17.4. The fraction of sp³-hybridized carbons (Fsp3) is 0.500. The first kappa shape index (κ1) is 15.8. The molecule has 0 aliphatic heterocycles. The van der Waals surface area contributed by atoms with Gasteiger partial charge in [0.15, 0.2) is 5.16 Å². The number of benzene rings is 1. The fourth-order valence-electron chi connectivity index (χ4n) is 2.88. The third-order valence-corrected chi connectivity index (χ3v) is 5.16. The van der Waals surface area contributed by atoms with E-state index in [1.807, 2.05) is 30.5 Å². The first-order valence-electron chi connectivity index (χ1n) is 7.51. The SMILES string of the molecule is CSc1ncnn1CC(O)C(Cc1ccc(Cl)cc1)C1CC1. The molecule has 0 spiro atoms. The van der Waals surface area contributed by atoms with Gasteiger partial charge < -0.3 is 5.11 Å². The topological polar surface area (TPSA) is 50.9 Å². The van der Waals surface area contributed by atoms with Gasteiger partial charge in [0.25, 0.3) is 0 Å². The molecule has 1 fully saturated rings. The van der Waals surface area contributed by atoms with Gasteiger partial charge in [0.1, 0.15) is 6.33 Å². The van der Waals surface area contributed by atoms with Crippen LogP contribution in [0.25, 0.3) is 0 Å². The van der Waals surface area contributed by atoms with E-state index in [2.05, 4.69) is 10.1 Å². The minimum atomic E-state index is -0.407. The molecule has 1 aliphatic carbocycles. The van der Waals surface area contributed by atoms with Gasteiger partial charge in [-0.2, -0.15) is 5.10 Å². The quantitative estimate of drug-likeness (QED) is 0.788. The van der Waals surface area contributed by atoms with E-state index in [1.54, 1.807) is 22.8 Å². The molecule has 1 aromatic heterocycles. The zero-order valence-corrected chi connectivity index (χ0v) is 14.1. The van der Waals surface area contributed by atoms with Crippen LogP contribution in [0.15, 0.2) is 35.7 Å². The van der Waals surface area contributed by atoms with Crippen LogP contribution < -0.4 is 0 Å². The molecule has 0 radical (unpaired) electrons. The zero-order valence-electron chi connectivity index (χ0n) is 12.5. The van der Waals surface area contributed by atoms with E-state index < -0.39 is 6.10 Å². The minimum absolute atomic E-state index is 0.264. The van der Waals surface area contributed by atoms with E-state index in [9.17, 15) is 5.11 Å². The molecule has 1 aliphatic rings. The number of aliphatic hydroxyl groups is 1. The van der Waals surface area contributed by atoms with Gasteiger partial charge in [0.2, 0.25) is 0 Å². The Morgan fingerprint density at radius 3 is 2.73 bits per heavy atom. The summed E-state index contributed by atoms with van der Waals surface area (Å²) < 4.78 is 1.80. The summed E-state index contributed by atoms with van der Waals surface area (Å²) in [5.41, 5.74) is 1.23. The molecule has 0 saturated heterocycles. The smallest absolute Gasteiger partial charge is 0.185 e. The predicted octanol–water partition coefficient (Wildman–Crippen LogP) is 3.28. The maximum Gasteiger partial charge on any atom is 0.185 e. The Balaban J connectivity index is 1.69. The van der Waals surface area contributed by atoms with E-state index in [0.717, 1.165) is 16.6 Å². The van der Waals surface area contributed by atoms with Crippen molar-refractivity contribution in [3.8, 4) is 0 Å². The van der Waals surface area contributed by atoms with Gasteiger partial charge in [0, 0.05) is 5.02 Å². The number of rotatable bonds is 7. The summed E-state index contributed by atoms with van der Waals surface area (Å²) in [5, 5.41) is 16.5. The lowest BCUT2D eigenvalue weighted by Crippen LogP contribution is -2.29. The second-order valence-corrected chi connectivity index (χ2v) is 7.04. The average molecular weight is 338 g/mol. The minimum Gasteiger partial charge on any atom is -0.391 e. The van der Waals surface area contributed by atoms with Gasteiger partial charge in [0.05, 0.1) is 12.6 Å². The van der Waals surface area contributed by atoms with Crippen molar-refractivity contribution in [3.63, 3.8) is 0 Å². The van der Waals surface area contributed by atoms with Gasteiger partial charge in [-0.3, -0.25) is 0 Å². The lowest BCUT2D eigenvalue weighted by molar-refractivity contribution is 0.0724. The number of thioether (sulfide) groups is 1. The molecule has 4 nitrogen and oxygen atoms in total. The highest BCUT2D eigenvalue weighted by atomic mass is 35.5. The molecule has 1 saturated carbocycles. The Labute approximate surface area is 139 Å². The van der Waals surface area contributed by atoms with E-state index in [0.29, 0.717) is 12.5 Å². The molecule has 2 atom stereocenters. The van der Waals surface area contributed by atoms with Crippen LogP contribution in [0.4, 0.5) is 0 Å². The molecule has 0 amide bonds. The molecule has 3 rings (SSSR count). The molecular weight excluding hydrogens is 318 g/mol. The van der Waals surface area contributed by atoms with Crippen molar-refractivity contribution >= 4 is 23.4 Å². The standard InChI is InChI=1S/C16H20ClN3OS/c1-22-16-18-10-19-20(16)9-15(21)14(12-4-5-12)8-11-2-6-13(17)7-3-11/h2-3,6-7,10,12,14-15,21H,4-5,8-9H2,1H3. The molecule has 1 N–H and O–H groups in total. The molecule has 1 aromatic carbocycles. The van der Waals surface area contributed by atoms with Crippen LogP contribution >= 0.6 is 23.4 Å². The van der Waals surface area contributed by atoms with E-state index in [-0.39, 0.29) is 5.92 Å². The van der Waals surface area contributed by atoms with Crippen molar-refractivity contribution in [2.45, 2.75) is 37.1 Å². The monoisotopic (exact) mass is 337 g/mol. The van der Waals surface area contributed by atoms with Crippen molar-refractivity contribution in [1.82, 2.24) is 14.8 Å². The van der Waals surface area contributed by atoms with Gasteiger partial charge in [-0.25, -0.2) is 9.67 Å². The molecule has 2 unspecified atom stereocenters. The zero-order chi connectivity index (χ0) is 15.5. The molecule has 2 aromatic rings. The van der Waals surface area contributed by atoms with Crippen LogP contribution in [-0.4, -0.2) is 32.2 Å². The summed E-state index contributed by atoms with van der Waals surface area (Å²) in [6.07, 6.45) is 6.41. The summed E-state index contributed by atoms with van der Waals surface area (Å²) in [5.74, 6) is 0.881. The third kappa shape index (κ3) is 3.83. The number of hydrogen-bond acceptors (Lipinski definition) is 4. The second-order valence-electron chi connectivity index (χ2n) is 5.83. The van der Waals surface area contributed by atoms with Crippen LogP contribution in [0.1, 0.15) is 18.4 Å². The lowest BCUT2D eigenvalue weighted by Gasteiger charge is -2.23. The Hall–Kier alpha value is -1.04. The summed E-state index contributed by atoms with van der Waals surface area (Å²) in [4.78, 5) is 4.19. The van der Waals surface area contributed by atoms with Crippen LogP contribution in [0, 0.1) is 11.8 Å². The maximum absolute atomic E-state index is 10.7. The van der Waals surface area contributed by atoms with E-state index in [4.69, 9.17) is 11.6 Å². The highest BCUT2D eigenvalue weighted by Crippen LogP contribution is 2.40. The number of halogens is 1. The molecule has 6 heteroatoms. The molecular formula is C16H20ClN3OS. The molecule has 1 heterocycles. The van der Waals surface area contributed by atoms with Gasteiger partial charge in [-0.05, 0) is 55.1 Å². The fourth-order valence-corrected chi connectivity index (χ4v) is 3.49. The van der Waals surface area contributed by atoms with Crippen molar-refractivity contribution in [3.05, 3.63) is 41.2 Å². The summed E-state index contributed by atoms with van der Waals surface area (Å²) in [7, 11) is 0. The highest BCUT2D eigenvalue weighted by molar-refractivity contribution is 7.98. The van der Waals surface area contributed by atoms with Crippen LogP contribution in [0.3, 0.4) is 0 Å². The summed E-state index contributed by atoms with van der Waals surface area (Å²) >= 11 is 7.49. The van der Waals surface area contributed by atoms with E-state index >= 15 is 0 Å². The van der Waals surface area contributed by atoms with Gasteiger partial charge in [-0.1, -0.05) is 35.5 Å². The van der Waals surface area contributed by atoms with Crippen LogP contribution in [0.5, 0.6) is 0 Å². The Morgan fingerprint density at radius 2 is 2.09 bits per heavy atom. The second kappa shape index (κ2) is 7.02. The van der Waals surface area contributed by atoms with Gasteiger partial charge in [-0.15, -0.1) is 0 Å². The number of hydrogen-bond donors (Lipinski definition) is 1. The molecule has 0 bridgehead atoms. The Morgan fingerprint density at radius 1 is 1.36 bits per heavy atom. The Kier molecular flexibility index (Phi) is 5.06.